The molecular formula is C14H19N3O2S. The number of nitrogens with one attached hydrogen (secondary N) is 1. The molecule has 1 aliphatic rings. The van der Waals surface area contributed by atoms with Crippen LogP contribution >= 0.6 is 0 Å². The van der Waals surface area contributed by atoms with Gasteiger partial charge in [0, 0.05) is 19.1 Å². The molecule has 1 atom stereocenters. The van der Waals surface area contributed by atoms with Gasteiger partial charge in [-0.15, -0.1) is 0 Å². The van der Waals surface area contributed by atoms with Crippen LogP contribution in [-0.4, -0.2) is 38.7 Å². The molecule has 1 aromatic carbocycles. The van der Waals surface area contributed by atoms with Gasteiger partial charge in [-0.25, -0.2) is 13.1 Å². The molecular weight excluding hydrogens is 274 g/mol. The fraction of sp³-hybridized carbons (Fsp3) is 0.500. The molecule has 0 aromatic heterocycles. The highest BCUT2D eigenvalue weighted by Crippen LogP contribution is 2.14. The monoisotopic (exact) mass is 293 g/mol. The van der Waals surface area contributed by atoms with Crippen molar-refractivity contribution in [2.75, 3.05) is 19.3 Å². The number of likely N-dealkylation sites (tertiary alicyclic amines) is 1. The van der Waals surface area contributed by atoms with Gasteiger partial charge in [0.05, 0.1) is 17.9 Å². The van der Waals surface area contributed by atoms with Gasteiger partial charge < -0.3 is 0 Å². The summed E-state index contributed by atoms with van der Waals surface area (Å²) in [7, 11) is -3.14. The summed E-state index contributed by atoms with van der Waals surface area (Å²) < 4.78 is 25.2. The van der Waals surface area contributed by atoms with Gasteiger partial charge in [0.25, 0.3) is 0 Å². The molecule has 0 saturated carbocycles. The number of sulfonamides is 1. The zero-order valence-electron chi connectivity index (χ0n) is 11.5. The zero-order chi connectivity index (χ0) is 14.6. The van der Waals surface area contributed by atoms with Gasteiger partial charge in [0.15, 0.2) is 0 Å². The maximum Gasteiger partial charge on any atom is 0.208 e. The van der Waals surface area contributed by atoms with E-state index in [-0.39, 0.29) is 6.04 Å². The van der Waals surface area contributed by atoms with Crippen molar-refractivity contribution in [1.29, 1.82) is 5.26 Å². The normalized spacial score (nSPS) is 20.5. The summed E-state index contributed by atoms with van der Waals surface area (Å²) in [6.45, 7) is 2.49. The summed E-state index contributed by atoms with van der Waals surface area (Å²) in [4.78, 5) is 2.24. The Morgan fingerprint density at radius 3 is 2.70 bits per heavy atom. The van der Waals surface area contributed by atoms with Gasteiger partial charge in [-0.2, -0.15) is 5.26 Å². The molecule has 0 radical (unpaired) electrons. The maximum atomic E-state index is 11.3. The van der Waals surface area contributed by atoms with E-state index in [1.165, 1.54) is 6.26 Å². The average molecular weight is 293 g/mol. The topological polar surface area (TPSA) is 73.2 Å². The summed E-state index contributed by atoms with van der Waals surface area (Å²) in [5.41, 5.74) is 1.80. The lowest BCUT2D eigenvalue weighted by molar-refractivity contribution is 0.194. The van der Waals surface area contributed by atoms with E-state index in [9.17, 15) is 8.42 Å². The number of piperidine rings is 1. The minimum Gasteiger partial charge on any atom is -0.298 e. The van der Waals surface area contributed by atoms with E-state index in [2.05, 4.69) is 15.7 Å². The second-order valence-corrected chi connectivity index (χ2v) is 7.05. The van der Waals surface area contributed by atoms with Crippen LogP contribution in [0.1, 0.15) is 24.0 Å². The maximum absolute atomic E-state index is 11.3. The predicted octanol–water partition coefficient (Wildman–Crippen LogP) is 1.07. The first-order valence-corrected chi connectivity index (χ1v) is 8.54. The standard InChI is InChI=1S/C14H19N3O2S/c1-20(18,19)16-14-3-2-8-17(11-14)10-13-6-4-12(9-15)5-7-13/h4-7,14,16H,2-3,8,10-11H2,1H3. The van der Waals surface area contributed by atoms with Crippen molar-refractivity contribution in [1.82, 2.24) is 9.62 Å². The SMILES string of the molecule is CS(=O)(=O)NC1CCCN(Cc2ccc(C#N)cc2)C1. The van der Waals surface area contributed by atoms with Gasteiger partial charge >= 0.3 is 0 Å². The lowest BCUT2D eigenvalue weighted by Gasteiger charge is -2.32. The Morgan fingerprint density at radius 1 is 1.40 bits per heavy atom. The van der Waals surface area contributed by atoms with Crippen LogP contribution in [0, 0.1) is 11.3 Å². The predicted molar refractivity (Wildman–Crippen MR) is 77.4 cm³/mol. The van der Waals surface area contributed by atoms with E-state index < -0.39 is 10.0 Å². The molecule has 1 N–H and O–H groups in total. The number of nitrogens with zero attached hydrogens (tertiary/aromatic N) is 2. The largest absolute Gasteiger partial charge is 0.298 e. The number of rotatable bonds is 4. The van der Waals surface area contributed by atoms with Crippen LogP contribution in [0.15, 0.2) is 24.3 Å². The fourth-order valence-electron chi connectivity index (χ4n) is 2.54. The Bertz CT molecular complexity index is 590. The van der Waals surface area contributed by atoms with E-state index in [4.69, 9.17) is 5.26 Å². The molecule has 1 heterocycles. The molecule has 1 aromatic rings. The number of benzene rings is 1. The van der Waals surface area contributed by atoms with Crippen molar-refractivity contribution in [3.8, 4) is 6.07 Å². The number of hydrogen-bond acceptors (Lipinski definition) is 4. The third-order valence-electron chi connectivity index (χ3n) is 3.38. The Morgan fingerprint density at radius 2 is 2.10 bits per heavy atom. The highest BCUT2D eigenvalue weighted by atomic mass is 32.2. The minimum atomic E-state index is -3.14. The van der Waals surface area contributed by atoms with Crippen LogP contribution in [-0.2, 0) is 16.6 Å². The number of hydrogen-bond donors (Lipinski definition) is 1. The molecule has 1 fully saturated rings. The highest BCUT2D eigenvalue weighted by molar-refractivity contribution is 7.88. The molecule has 0 amide bonds. The molecule has 5 nitrogen and oxygen atoms in total. The van der Waals surface area contributed by atoms with Crippen molar-refractivity contribution >= 4 is 10.0 Å². The summed E-state index contributed by atoms with van der Waals surface area (Å²) >= 11 is 0. The summed E-state index contributed by atoms with van der Waals surface area (Å²) in [5.74, 6) is 0. The van der Waals surface area contributed by atoms with E-state index in [1.807, 2.05) is 24.3 Å². The molecule has 2 rings (SSSR count). The van der Waals surface area contributed by atoms with Gasteiger partial charge in [0.1, 0.15) is 0 Å². The first kappa shape index (κ1) is 15.0. The van der Waals surface area contributed by atoms with Crippen LogP contribution < -0.4 is 4.72 Å². The molecule has 0 aliphatic carbocycles. The summed E-state index contributed by atoms with van der Waals surface area (Å²) in [5, 5.41) is 8.77. The molecule has 0 bridgehead atoms. The Labute approximate surface area is 120 Å². The summed E-state index contributed by atoms with van der Waals surface area (Å²) in [6.07, 6.45) is 3.08. The van der Waals surface area contributed by atoms with Gasteiger partial charge in [-0.05, 0) is 37.1 Å². The van der Waals surface area contributed by atoms with Crippen LogP contribution in [0.3, 0.4) is 0 Å². The van der Waals surface area contributed by atoms with Gasteiger partial charge in [0.2, 0.25) is 10.0 Å². The molecule has 1 aliphatic heterocycles. The van der Waals surface area contributed by atoms with E-state index in [1.54, 1.807) is 0 Å². The molecule has 1 saturated heterocycles. The van der Waals surface area contributed by atoms with Crippen molar-refractivity contribution in [2.45, 2.75) is 25.4 Å². The first-order valence-electron chi connectivity index (χ1n) is 6.65. The fourth-order valence-corrected chi connectivity index (χ4v) is 3.34. The van der Waals surface area contributed by atoms with E-state index in [0.717, 1.165) is 38.0 Å². The van der Waals surface area contributed by atoms with Gasteiger partial charge in [-0.3, -0.25) is 4.90 Å². The number of nitriles is 1. The van der Waals surface area contributed by atoms with Crippen molar-refractivity contribution in [3.05, 3.63) is 35.4 Å². The molecule has 20 heavy (non-hydrogen) atoms. The molecule has 108 valence electrons. The van der Waals surface area contributed by atoms with Crippen molar-refractivity contribution in [2.24, 2.45) is 0 Å². The molecule has 0 spiro atoms. The quantitative estimate of drug-likeness (QED) is 0.901. The Hall–Kier alpha value is -1.42. The van der Waals surface area contributed by atoms with Gasteiger partial charge in [-0.1, -0.05) is 12.1 Å². The van der Waals surface area contributed by atoms with Crippen LogP contribution in [0.5, 0.6) is 0 Å². The van der Waals surface area contributed by atoms with E-state index in [0.29, 0.717) is 5.56 Å². The highest BCUT2D eigenvalue weighted by Gasteiger charge is 2.22. The Kier molecular flexibility index (Phi) is 4.76. The van der Waals surface area contributed by atoms with E-state index >= 15 is 0 Å². The lowest BCUT2D eigenvalue weighted by atomic mass is 10.1. The lowest BCUT2D eigenvalue weighted by Crippen LogP contribution is -2.46. The molecule has 1 unspecified atom stereocenters. The minimum absolute atomic E-state index is 0.00266. The van der Waals surface area contributed by atoms with Crippen molar-refractivity contribution < 1.29 is 8.42 Å². The summed E-state index contributed by atoms with van der Waals surface area (Å²) in [6, 6.07) is 9.62. The van der Waals surface area contributed by atoms with Crippen LogP contribution in [0.2, 0.25) is 0 Å². The van der Waals surface area contributed by atoms with Crippen LogP contribution in [0.4, 0.5) is 0 Å². The third kappa shape index (κ3) is 4.60. The zero-order valence-corrected chi connectivity index (χ0v) is 12.4. The Balaban J connectivity index is 1.94. The van der Waals surface area contributed by atoms with Crippen LogP contribution in [0.25, 0.3) is 0 Å². The van der Waals surface area contributed by atoms with Crippen molar-refractivity contribution in [3.63, 3.8) is 0 Å². The third-order valence-corrected chi connectivity index (χ3v) is 4.14. The second kappa shape index (κ2) is 6.35. The second-order valence-electron chi connectivity index (χ2n) is 5.27. The average Bonchev–Trinajstić information content (AvgIpc) is 2.38. The smallest absolute Gasteiger partial charge is 0.208 e. The molecule has 6 heteroatoms. The first-order chi connectivity index (χ1) is 9.46.